The molecular formula is C18H19F3N2O2. The lowest BCUT2D eigenvalue weighted by Crippen LogP contribution is -2.36. The van der Waals surface area contributed by atoms with Crippen molar-refractivity contribution < 1.29 is 22.7 Å². The Kier molecular flexibility index (Phi) is 6.27. The number of rotatable bonds is 6. The summed E-state index contributed by atoms with van der Waals surface area (Å²) in [7, 11) is 0. The van der Waals surface area contributed by atoms with Gasteiger partial charge >= 0.3 is 12.4 Å². The normalized spacial score (nSPS) is 11.0. The van der Waals surface area contributed by atoms with E-state index in [4.69, 9.17) is 0 Å². The number of alkyl halides is 3. The second-order valence-corrected chi connectivity index (χ2v) is 5.48. The highest BCUT2D eigenvalue weighted by atomic mass is 19.4. The molecule has 134 valence electrons. The van der Waals surface area contributed by atoms with Gasteiger partial charge in [-0.05, 0) is 42.2 Å². The van der Waals surface area contributed by atoms with Crippen molar-refractivity contribution in [3.63, 3.8) is 0 Å². The van der Waals surface area contributed by atoms with Gasteiger partial charge < -0.3 is 15.4 Å². The van der Waals surface area contributed by atoms with Gasteiger partial charge in [0.1, 0.15) is 5.75 Å². The Balaban J connectivity index is 1.71. The molecule has 7 heteroatoms. The molecule has 2 N–H and O–H groups in total. The molecule has 2 aromatic rings. The number of urea groups is 1. The molecule has 0 spiro atoms. The lowest BCUT2D eigenvalue weighted by molar-refractivity contribution is -0.274. The lowest BCUT2D eigenvalue weighted by Gasteiger charge is -2.10. The second kappa shape index (κ2) is 8.41. The maximum Gasteiger partial charge on any atom is 0.573 e. The molecule has 0 fully saturated rings. The highest BCUT2D eigenvalue weighted by molar-refractivity contribution is 5.73. The summed E-state index contributed by atoms with van der Waals surface area (Å²) >= 11 is 0. The molecule has 2 aromatic carbocycles. The number of nitrogens with one attached hydrogen (secondary N) is 2. The van der Waals surface area contributed by atoms with Gasteiger partial charge in [-0.25, -0.2) is 4.79 Å². The topological polar surface area (TPSA) is 50.4 Å². The van der Waals surface area contributed by atoms with Gasteiger partial charge in [0.05, 0.1) is 0 Å². The van der Waals surface area contributed by atoms with Gasteiger partial charge in [-0.1, -0.05) is 36.4 Å². The van der Waals surface area contributed by atoms with Crippen LogP contribution in [0.3, 0.4) is 0 Å². The number of carbonyl (C=O) groups is 1. The van der Waals surface area contributed by atoms with Crippen LogP contribution in [0.1, 0.15) is 16.7 Å². The summed E-state index contributed by atoms with van der Waals surface area (Å²) in [5.74, 6) is -0.264. The summed E-state index contributed by atoms with van der Waals surface area (Å²) in [6.07, 6.45) is -4.19. The molecule has 0 unspecified atom stereocenters. The third-order valence-corrected chi connectivity index (χ3v) is 3.56. The number of halogens is 3. The van der Waals surface area contributed by atoms with Crippen LogP contribution in [0, 0.1) is 6.92 Å². The lowest BCUT2D eigenvalue weighted by atomic mass is 10.1. The smallest absolute Gasteiger partial charge is 0.406 e. The third-order valence-electron chi connectivity index (χ3n) is 3.56. The van der Waals surface area contributed by atoms with Crippen molar-refractivity contribution in [1.29, 1.82) is 0 Å². The van der Waals surface area contributed by atoms with Crippen molar-refractivity contribution in [3.8, 4) is 5.75 Å². The van der Waals surface area contributed by atoms with Gasteiger partial charge in [-0.2, -0.15) is 0 Å². The standard InChI is InChI=1S/C18H19F3N2O2/c1-13-4-2-3-5-15(13)12-23-17(24)22-11-10-14-6-8-16(9-7-14)25-18(19,20)21/h2-9H,10-12H2,1H3,(H2,22,23,24). The Bertz CT molecular complexity index is 700. The summed E-state index contributed by atoms with van der Waals surface area (Å²) in [5.41, 5.74) is 2.94. The fourth-order valence-electron chi connectivity index (χ4n) is 2.22. The average Bonchev–Trinajstić information content (AvgIpc) is 2.54. The van der Waals surface area contributed by atoms with E-state index < -0.39 is 6.36 Å². The first-order valence-electron chi connectivity index (χ1n) is 7.74. The SMILES string of the molecule is Cc1ccccc1CNC(=O)NCCc1ccc(OC(F)(F)F)cc1. The van der Waals surface area contributed by atoms with Crippen LogP contribution in [-0.4, -0.2) is 18.9 Å². The molecule has 4 nitrogen and oxygen atoms in total. The zero-order valence-corrected chi connectivity index (χ0v) is 13.7. The zero-order chi connectivity index (χ0) is 18.3. The molecule has 25 heavy (non-hydrogen) atoms. The van der Waals surface area contributed by atoms with Gasteiger partial charge in [-0.15, -0.1) is 13.2 Å². The highest BCUT2D eigenvalue weighted by Crippen LogP contribution is 2.22. The molecular weight excluding hydrogens is 333 g/mol. The van der Waals surface area contributed by atoms with Crippen LogP contribution < -0.4 is 15.4 Å². The van der Waals surface area contributed by atoms with Crippen LogP contribution in [-0.2, 0) is 13.0 Å². The van der Waals surface area contributed by atoms with E-state index in [9.17, 15) is 18.0 Å². The first kappa shape index (κ1) is 18.6. The molecule has 0 radical (unpaired) electrons. The first-order chi connectivity index (χ1) is 11.8. The van der Waals surface area contributed by atoms with Crippen LogP contribution >= 0.6 is 0 Å². The summed E-state index contributed by atoms with van der Waals surface area (Å²) in [6, 6.07) is 13.0. The summed E-state index contributed by atoms with van der Waals surface area (Å²) in [4.78, 5) is 11.8. The second-order valence-electron chi connectivity index (χ2n) is 5.48. The number of carbonyl (C=O) groups excluding carboxylic acids is 1. The maximum absolute atomic E-state index is 12.1. The largest absolute Gasteiger partial charge is 0.573 e. The van der Waals surface area contributed by atoms with Gasteiger partial charge in [0.15, 0.2) is 0 Å². The van der Waals surface area contributed by atoms with Crippen LogP contribution in [0.4, 0.5) is 18.0 Å². The zero-order valence-electron chi connectivity index (χ0n) is 13.7. The molecule has 0 aromatic heterocycles. The van der Waals surface area contributed by atoms with E-state index in [-0.39, 0.29) is 11.8 Å². The van der Waals surface area contributed by atoms with E-state index >= 15 is 0 Å². The van der Waals surface area contributed by atoms with Crippen molar-refractivity contribution in [1.82, 2.24) is 10.6 Å². The quantitative estimate of drug-likeness (QED) is 0.827. The Hall–Kier alpha value is -2.70. The van der Waals surface area contributed by atoms with Gasteiger partial charge in [0, 0.05) is 13.1 Å². The van der Waals surface area contributed by atoms with Crippen LogP contribution in [0.2, 0.25) is 0 Å². The van der Waals surface area contributed by atoms with E-state index in [1.807, 2.05) is 31.2 Å². The Morgan fingerprint density at radius 2 is 1.72 bits per heavy atom. The fraction of sp³-hybridized carbons (Fsp3) is 0.278. The first-order valence-corrected chi connectivity index (χ1v) is 7.74. The number of aryl methyl sites for hydroxylation is 1. The summed E-state index contributed by atoms with van der Waals surface area (Å²) in [6.45, 7) is 2.78. The van der Waals surface area contributed by atoms with E-state index in [1.165, 1.54) is 24.3 Å². The molecule has 0 heterocycles. The van der Waals surface area contributed by atoms with Crippen LogP contribution in [0.15, 0.2) is 48.5 Å². The molecule has 0 aliphatic carbocycles. The predicted molar refractivity (Wildman–Crippen MR) is 88.2 cm³/mol. The summed E-state index contributed by atoms with van der Waals surface area (Å²) < 4.78 is 40.0. The summed E-state index contributed by atoms with van der Waals surface area (Å²) in [5, 5.41) is 5.48. The number of hydrogen-bond donors (Lipinski definition) is 2. The number of benzene rings is 2. The average molecular weight is 352 g/mol. The predicted octanol–water partition coefficient (Wildman–Crippen LogP) is 3.94. The van der Waals surface area contributed by atoms with Gasteiger partial charge in [0.25, 0.3) is 0 Å². The number of hydrogen-bond acceptors (Lipinski definition) is 2. The van der Waals surface area contributed by atoms with Gasteiger partial charge in [0.2, 0.25) is 0 Å². The van der Waals surface area contributed by atoms with Crippen molar-refractivity contribution in [2.45, 2.75) is 26.3 Å². The molecule has 0 bridgehead atoms. The van der Waals surface area contributed by atoms with Crippen LogP contribution in [0.5, 0.6) is 5.75 Å². The van der Waals surface area contributed by atoms with Crippen molar-refractivity contribution in [2.24, 2.45) is 0 Å². The molecule has 2 amide bonds. The molecule has 0 saturated carbocycles. The molecule has 2 rings (SSSR count). The molecule has 0 saturated heterocycles. The highest BCUT2D eigenvalue weighted by Gasteiger charge is 2.30. The monoisotopic (exact) mass is 352 g/mol. The third kappa shape index (κ3) is 6.74. The number of ether oxygens (including phenoxy) is 1. The molecule has 0 aliphatic heterocycles. The maximum atomic E-state index is 12.1. The minimum Gasteiger partial charge on any atom is -0.406 e. The Morgan fingerprint density at radius 3 is 2.36 bits per heavy atom. The molecule has 0 atom stereocenters. The van der Waals surface area contributed by atoms with E-state index in [0.29, 0.717) is 19.5 Å². The van der Waals surface area contributed by atoms with E-state index in [0.717, 1.165) is 16.7 Å². The van der Waals surface area contributed by atoms with Crippen molar-refractivity contribution in [2.75, 3.05) is 6.54 Å². The van der Waals surface area contributed by atoms with Crippen molar-refractivity contribution >= 4 is 6.03 Å². The fourth-order valence-corrected chi connectivity index (χ4v) is 2.22. The van der Waals surface area contributed by atoms with Crippen LogP contribution in [0.25, 0.3) is 0 Å². The minimum absolute atomic E-state index is 0.264. The molecule has 0 aliphatic rings. The van der Waals surface area contributed by atoms with E-state index in [1.54, 1.807) is 0 Å². The number of amides is 2. The Morgan fingerprint density at radius 1 is 1.04 bits per heavy atom. The minimum atomic E-state index is -4.70. The van der Waals surface area contributed by atoms with E-state index in [2.05, 4.69) is 15.4 Å². The Labute approximate surface area is 144 Å². The van der Waals surface area contributed by atoms with Crippen molar-refractivity contribution in [3.05, 3.63) is 65.2 Å². The van der Waals surface area contributed by atoms with Gasteiger partial charge in [-0.3, -0.25) is 0 Å².